The number of hydrogen-bond acceptors (Lipinski definition) is 2. The summed E-state index contributed by atoms with van der Waals surface area (Å²) >= 11 is 0. The third kappa shape index (κ3) is 2.03. The molecule has 0 saturated heterocycles. The minimum Gasteiger partial charge on any atom is -0.310 e. The Balaban J connectivity index is 1.97. The first-order valence-corrected chi connectivity index (χ1v) is 6.13. The van der Waals surface area contributed by atoms with Crippen molar-refractivity contribution in [2.24, 2.45) is 0 Å². The fourth-order valence-corrected chi connectivity index (χ4v) is 2.07. The highest BCUT2D eigenvalue weighted by Crippen LogP contribution is 2.20. The number of rotatable bonds is 2. The number of nitrogens with zero attached hydrogens (tertiary/aromatic N) is 2. The number of halogens is 1. The molecule has 2 aromatic carbocycles. The lowest BCUT2D eigenvalue weighted by Crippen LogP contribution is -2.26. The lowest BCUT2D eigenvalue weighted by atomic mass is 10.2. The average molecular weight is 269 g/mol. The maximum Gasteiger partial charge on any atom is 0.279 e. The molecule has 5 heteroatoms. The number of anilines is 1. The molecule has 0 unspecified atom stereocenters. The van der Waals surface area contributed by atoms with Crippen LogP contribution in [0.5, 0.6) is 0 Å². The first-order valence-electron chi connectivity index (χ1n) is 6.13. The van der Waals surface area contributed by atoms with Crippen molar-refractivity contribution in [1.82, 2.24) is 10.2 Å². The van der Waals surface area contributed by atoms with Gasteiger partial charge < -0.3 is 4.90 Å². The Morgan fingerprint density at radius 1 is 1.15 bits per heavy atom. The van der Waals surface area contributed by atoms with Crippen LogP contribution in [0.1, 0.15) is 10.5 Å². The van der Waals surface area contributed by atoms with E-state index in [1.54, 1.807) is 19.2 Å². The quantitative estimate of drug-likeness (QED) is 0.777. The molecule has 3 aromatic rings. The van der Waals surface area contributed by atoms with Gasteiger partial charge in [-0.3, -0.25) is 9.89 Å². The third-order valence-corrected chi connectivity index (χ3v) is 3.19. The first-order chi connectivity index (χ1) is 9.66. The number of carbonyl (C=O) groups is 1. The molecule has 20 heavy (non-hydrogen) atoms. The van der Waals surface area contributed by atoms with Crippen LogP contribution in [0.15, 0.2) is 48.5 Å². The number of para-hydroxylation sites is 1. The summed E-state index contributed by atoms with van der Waals surface area (Å²) in [5.41, 5.74) is 1.78. The highest BCUT2D eigenvalue weighted by Gasteiger charge is 2.19. The van der Waals surface area contributed by atoms with Gasteiger partial charge in [-0.05, 0) is 30.3 Å². The maximum absolute atomic E-state index is 12.9. The Kier molecular flexibility index (Phi) is 2.95. The zero-order valence-electron chi connectivity index (χ0n) is 10.8. The highest BCUT2D eigenvalue weighted by molar-refractivity contribution is 6.12. The molecule has 1 amide bonds. The van der Waals surface area contributed by atoms with E-state index in [9.17, 15) is 9.18 Å². The van der Waals surface area contributed by atoms with Gasteiger partial charge in [-0.15, -0.1) is 0 Å². The number of carbonyl (C=O) groups excluding carboxylic acids is 1. The molecule has 0 fully saturated rings. The molecule has 0 spiro atoms. The van der Waals surface area contributed by atoms with Crippen molar-refractivity contribution in [3.05, 3.63) is 60.0 Å². The van der Waals surface area contributed by atoms with E-state index in [0.717, 1.165) is 10.9 Å². The predicted molar refractivity (Wildman–Crippen MR) is 75.2 cm³/mol. The van der Waals surface area contributed by atoms with Gasteiger partial charge in [0, 0.05) is 18.1 Å². The first kappa shape index (κ1) is 12.3. The van der Waals surface area contributed by atoms with Crippen LogP contribution in [-0.2, 0) is 0 Å². The molecule has 1 N–H and O–H groups in total. The summed E-state index contributed by atoms with van der Waals surface area (Å²) in [4.78, 5) is 13.9. The number of benzene rings is 2. The van der Waals surface area contributed by atoms with Gasteiger partial charge in [0.25, 0.3) is 5.91 Å². The van der Waals surface area contributed by atoms with Crippen molar-refractivity contribution in [3.8, 4) is 0 Å². The van der Waals surface area contributed by atoms with Crippen LogP contribution in [0.25, 0.3) is 10.9 Å². The smallest absolute Gasteiger partial charge is 0.279 e. The molecule has 4 nitrogen and oxygen atoms in total. The fourth-order valence-electron chi connectivity index (χ4n) is 2.07. The van der Waals surface area contributed by atoms with E-state index in [4.69, 9.17) is 0 Å². The second kappa shape index (κ2) is 4.77. The zero-order valence-corrected chi connectivity index (χ0v) is 10.8. The van der Waals surface area contributed by atoms with Crippen molar-refractivity contribution < 1.29 is 9.18 Å². The van der Waals surface area contributed by atoms with Crippen molar-refractivity contribution in [1.29, 1.82) is 0 Å². The van der Waals surface area contributed by atoms with Gasteiger partial charge in [0.05, 0.1) is 5.52 Å². The SMILES string of the molecule is CN(C(=O)c1n[nH]c2ccccc12)c1ccc(F)cc1. The normalized spacial score (nSPS) is 10.7. The third-order valence-electron chi connectivity index (χ3n) is 3.19. The molecule has 0 aliphatic rings. The number of hydrogen-bond donors (Lipinski definition) is 1. The standard InChI is InChI=1S/C15H12FN3O/c1-19(11-8-6-10(16)7-9-11)15(20)14-12-4-2-3-5-13(12)17-18-14/h2-9H,1H3,(H,17,18). The summed E-state index contributed by atoms with van der Waals surface area (Å²) in [6, 6.07) is 13.2. The fraction of sp³-hybridized carbons (Fsp3) is 0.0667. The molecular formula is C15H12FN3O. The molecule has 1 aromatic heterocycles. The van der Waals surface area contributed by atoms with E-state index in [-0.39, 0.29) is 11.7 Å². The van der Waals surface area contributed by atoms with Crippen LogP contribution in [0.3, 0.4) is 0 Å². The Labute approximate surface area is 114 Å². The van der Waals surface area contributed by atoms with E-state index in [1.807, 2.05) is 24.3 Å². The molecule has 100 valence electrons. The number of fused-ring (bicyclic) bond motifs is 1. The molecule has 0 atom stereocenters. The molecule has 0 saturated carbocycles. The highest BCUT2D eigenvalue weighted by atomic mass is 19.1. The monoisotopic (exact) mass is 269 g/mol. The van der Waals surface area contributed by atoms with Crippen LogP contribution in [0.4, 0.5) is 10.1 Å². The molecular weight excluding hydrogens is 257 g/mol. The van der Waals surface area contributed by atoms with Gasteiger partial charge in [0.15, 0.2) is 5.69 Å². The molecule has 3 rings (SSSR count). The van der Waals surface area contributed by atoms with Crippen molar-refractivity contribution in [2.45, 2.75) is 0 Å². The van der Waals surface area contributed by atoms with E-state index in [1.165, 1.54) is 17.0 Å². The van der Waals surface area contributed by atoms with Crippen LogP contribution in [0, 0.1) is 5.82 Å². The van der Waals surface area contributed by atoms with Crippen molar-refractivity contribution >= 4 is 22.5 Å². The Morgan fingerprint density at radius 3 is 2.60 bits per heavy atom. The van der Waals surface area contributed by atoms with Crippen molar-refractivity contribution in [2.75, 3.05) is 11.9 Å². The predicted octanol–water partition coefficient (Wildman–Crippen LogP) is 2.98. The summed E-state index contributed by atoms with van der Waals surface area (Å²) in [6.07, 6.45) is 0. The number of nitrogens with one attached hydrogen (secondary N) is 1. The van der Waals surface area contributed by atoms with Crippen molar-refractivity contribution in [3.63, 3.8) is 0 Å². The number of amides is 1. The van der Waals surface area contributed by atoms with Crippen LogP contribution in [0.2, 0.25) is 0 Å². The second-order valence-corrected chi connectivity index (χ2v) is 4.46. The van der Waals surface area contributed by atoms with Gasteiger partial charge in [0.2, 0.25) is 0 Å². The Hall–Kier alpha value is -2.69. The lowest BCUT2D eigenvalue weighted by molar-refractivity contribution is 0.0989. The van der Waals surface area contributed by atoms with Gasteiger partial charge in [0.1, 0.15) is 5.82 Å². The minimum absolute atomic E-state index is 0.242. The second-order valence-electron chi connectivity index (χ2n) is 4.46. The summed E-state index contributed by atoms with van der Waals surface area (Å²) in [5.74, 6) is -0.575. The molecule has 0 radical (unpaired) electrons. The van der Waals surface area contributed by atoms with Crippen LogP contribution >= 0.6 is 0 Å². The lowest BCUT2D eigenvalue weighted by Gasteiger charge is -2.16. The average Bonchev–Trinajstić information content (AvgIpc) is 2.90. The number of H-pyrrole nitrogens is 1. The largest absolute Gasteiger partial charge is 0.310 e. The Bertz CT molecular complexity index is 764. The summed E-state index contributed by atoms with van der Waals surface area (Å²) < 4.78 is 12.9. The van der Waals surface area contributed by atoms with Gasteiger partial charge in [-0.1, -0.05) is 18.2 Å². The summed E-state index contributed by atoms with van der Waals surface area (Å²) in [6.45, 7) is 0. The van der Waals surface area contributed by atoms with E-state index in [2.05, 4.69) is 10.2 Å². The number of aromatic nitrogens is 2. The molecule has 1 heterocycles. The maximum atomic E-state index is 12.9. The molecule has 0 aliphatic heterocycles. The molecule has 0 bridgehead atoms. The minimum atomic E-state index is -0.334. The van der Waals surface area contributed by atoms with E-state index < -0.39 is 0 Å². The van der Waals surface area contributed by atoms with Gasteiger partial charge in [-0.25, -0.2) is 4.39 Å². The van der Waals surface area contributed by atoms with E-state index >= 15 is 0 Å². The number of aromatic amines is 1. The molecule has 0 aliphatic carbocycles. The van der Waals surface area contributed by atoms with Gasteiger partial charge >= 0.3 is 0 Å². The summed E-state index contributed by atoms with van der Waals surface area (Å²) in [7, 11) is 1.64. The Morgan fingerprint density at radius 2 is 1.85 bits per heavy atom. The van der Waals surface area contributed by atoms with Crippen LogP contribution in [-0.4, -0.2) is 23.2 Å². The van der Waals surface area contributed by atoms with E-state index in [0.29, 0.717) is 11.4 Å². The topological polar surface area (TPSA) is 49.0 Å². The summed E-state index contributed by atoms with van der Waals surface area (Å²) in [5, 5.41) is 7.67. The van der Waals surface area contributed by atoms with Gasteiger partial charge in [-0.2, -0.15) is 5.10 Å². The van der Waals surface area contributed by atoms with Crippen LogP contribution < -0.4 is 4.90 Å². The zero-order chi connectivity index (χ0) is 14.1.